The van der Waals surface area contributed by atoms with Crippen LogP contribution < -0.4 is 0 Å². The Morgan fingerprint density at radius 3 is 2.37 bits per heavy atom. The normalized spacial score (nSPS) is 17.5. The molecular formula is C21H32N4O5. The van der Waals surface area contributed by atoms with Crippen molar-refractivity contribution in [3.05, 3.63) is 17.0 Å². The van der Waals surface area contributed by atoms with Gasteiger partial charge in [-0.3, -0.25) is 14.3 Å². The van der Waals surface area contributed by atoms with Gasteiger partial charge in [-0.25, -0.2) is 4.79 Å². The van der Waals surface area contributed by atoms with E-state index in [-0.39, 0.29) is 23.9 Å². The highest BCUT2D eigenvalue weighted by Gasteiger charge is 2.35. The van der Waals surface area contributed by atoms with Gasteiger partial charge in [0.25, 0.3) is 5.91 Å². The summed E-state index contributed by atoms with van der Waals surface area (Å²) in [5.41, 5.74) is 1.57. The van der Waals surface area contributed by atoms with Gasteiger partial charge in [0.05, 0.1) is 24.8 Å². The minimum absolute atomic E-state index is 0.111. The average molecular weight is 421 g/mol. The van der Waals surface area contributed by atoms with Gasteiger partial charge in [0, 0.05) is 38.7 Å². The van der Waals surface area contributed by atoms with Gasteiger partial charge in [0.1, 0.15) is 11.3 Å². The van der Waals surface area contributed by atoms with Crippen molar-refractivity contribution in [1.82, 2.24) is 19.6 Å². The smallest absolute Gasteiger partial charge is 0.410 e. The Hall–Kier alpha value is -2.58. The Bertz CT molecular complexity index is 818. The van der Waals surface area contributed by atoms with E-state index in [4.69, 9.17) is 9.47 Å². The van der Waals surface area contributed by atoms with Crippen LogP contribution in [-0.4, -0.2) is 69.4 Å². The molecule has 0 aromatic carbocycles. The third-order valence-corrected chi connectivity index (χ3v) is 5.45. The molecule has 0 aliphatic carbocycles. The molecule has 0 spiro atoms. The van der Waals surface area contributed by atoms with Crippen LogP contribution in [-0.2, 0) is 34.3 Å². The molecule has 1 aromatic heterocycles. The fraction of sp³-hybridized carbons (Fsp3) is 0.714. The van der Waals surface area contributed by atoms with Crippen molar-refractivity contribution < 1.29 is 23.9 Å². The molecule has 1 aromatic rings. The summed E-state index contributed by atoms with van der Waals surface area (Å²) in [5, 5.41) is 4.52. The van der Waals surface area contributed by atoms with Gasteiger partial charge in [-0.1, -0.05) is 0 Å². The van der Waals surface area contributed by atoms with Gasteiger partial charge in [0.2, 0.25) is 0 Å². The van der Waals surface area contributed by atoms with Crippen molar-refractivity contribution in [1.29, 1.82) is 0 Å². The summed E-state index contributed by atoms with van der Waals surface area (Å²) in [6.07, 6.45) is 1.38. The number of nitrogens with zero attached hydrogens (tertiary/aromatic N) is 4. The first-order valence-electron chi connectivity index (χ1n) is 10.6. The summed E-state index contributed by atoms with van der Waals surface area (Å²) in [6, 6.07) is 0. The first-order chi connectivity index (χ1) is 14.1. The highest BCUT2D eigenvalue weighted by molar-refractivity contribution is 5.94. The van der Waals surface area contributed by atoms with Crippen LogP contribution in [0.1, 0.15) is 62.3 Å². The molecule has 9 heteroatoms. The second-order valence-electron chi connectivity index (χ2n) is 8.87. The van der Waals surface area contributed by atoms with Crippen molar-refractivity contribution in [3.8, 4) is 0 Å². The maximum atomic E-state index is 13.3. The van der Waals surface area contributed by atoms with E-state index in [1.807, 2.05) is 20.8 Å². The Kier molecular flexibility index (Phi) is 6.38. The van der Waals surface area contributed by atoms with E-state index in [0.717, 1.165) is 11.3 Å². The van der Waals surface area contributed by atoms with Gasteiger partial charge in [-0.2, -0.15) is 5.10 Å². The fourth-order valence-electron chi connectivity index (χ4n) is 3.98. The molecule has 166 valence electrons. The van der Waals surface area contributed by atoms with E-state index in [1.54, 1.807) is 28.5 Å². The lowest BCUT2D eigenvalue weighted by Gasteiger charge is -2.32. The summed E-state index contributed by atoms with van der Waals surface area (Å²) in [4.78, 5) is 41.1. The second kappa shape index (κ2) is 8.65. The molecule has 0 saturated carbocycles. The molecule has 0 N–H and O–H groups in total. The van der Waals surface area contributed by atoms with Gasteiger partial charge in [0.15, 0.2) is 0 Å². The number of hydrogen-bond donors (Lipinski definition) is 0. The molecule has 2 aliphatic rings. The van der Waals surface area contributed by atoms with E-state index in [0.29, 0.717) is 57.7 Å². The first kappa shape index (κ1) is 22.1. The molecule has 2 aliphatic heterocycles. The molecule has 0 atom stereocenters. The van der Waals surface area contributed by atoms with E-state index in [1.165, 1.54) is 0 Å². The van der Waals surface area contributed by atoms with Crippen molar-refractivity contribution >= 4 is 18.0 Å². The topological polar surface area (TPSA) is 94.0 Å². The Morgan fingerprint density at radius 2 is 1.77 bits per heavy atom. The molecule has 0 radical (unpaired) electrons. The number of likely N-dealkylation sites (tertiary alicyclic amines) is 1. The maximum Gasteiger partial charge on any atom is 0.410 e. The molecule has 3 rings (SSSR count). The largest absolute Gasteiger partial charge is 0.466 e. The lowest BCUT2D eigenvalue weighted by atomic mass is 9.96. The monoisotopic (exact) mass is 420 g/mol. The number of aryl methyl sites for hydroxylation is 1. The standard InChI is InChI=1S/C21H32N4O5/c1-6-29-19(27)14-7-10-24(11-8-14)18(26)17-15-13-25(20(28)30-21(2,3)4)12-9-16(15)22-23(17)5/h14H,6-13H2,1-5H3. The molecule has 9 nitrogen and oxygen atoms in total. The molecule has 1 saturated heterocycles. The van der Waals surface area contributed by atoms with E-state index in [2.05, 4.69) is 5.10 Å². The Balaban J connectivity index is 1.71. The van der Waals surface area contributed by atoms with Gasteiger partial charge in [-0.15, -0.1) is 0 Å². The highest BCUT2D eigenvalue weighted by Crippen LogP contribution is 2.26. The van der Waals surface area contributed by atoms with Gasteiger partial charge in [-0.05, 0) is 40.5 Å². The van der Waals surface area contributed by atoms with Crippen LogP contribution in [0.25, 0.3) is 0 Å². The van der Waals surface area contributed by atoms with Crippen molar-refractivity contribution in [2.75, 3.05) is 26.2 Å². The summed E-state index contributed by atoms with van der Waals surface area (Å²) in [6.45, 7) is 9.47. The first-order valence-corrected chi connectivity index (χ1v) is 10.6. The van der Waals surface area contributed by atoms with Crippen LogP contribution >= 0.6 is 0 Å². The number of carbonyl (C=O) groups excluding carboxylic acids is 3. The fourth-order valence-corrected chi connectivity index (χ4v) is 3.98. The number of carbonyl (C=O) groups is 3. The number of ether oxygens (including phenoxy) is 2. The minimum atomic E-state index is -0.575. The van der Waals surface area contributed by atoms with Crippen LogP contribution in [0.15, 0.2) is 0 Å². The van der Waals surface area contributed by atoms with Crippen LogP contribution in [0.2, 0.25) is 0 Å². The lowest BCUT2D eigenvalue weighted by Crippen LogP contribution is -2.43. The number of fused-ring (bicyclic) bond motifs is 1. The van der Waals surface area contributed by atoms with E-state index < -0.39 is 5.60 Å². The molecule has 0 unspecified atom stereocenters. The molecular weight excluding hydrogens is 388 g/mol. The van der Waals surface area contributed by atoms with Crippen molar-refractivity contribution in [3.63, 3.8) is 0 Å². The number of rotatable bonds is 3. The predicted molar refractivity (Wildman–Crippen MR) is 109 cm³/mol. The summed E-state index contributed by atoms with van der Waals surface area (Å²) >= 11 is 0. The van der Waals surface area contributed by atoms with Crippen LogP contribution in [0.4, 0.5) is 4.79 Å². The predicted octanol–water partition coefficient (Wildman–Crippen LogP) is 2.13. The van der Waals surface area contributed by atoms with E-state index in [9.17, 15) is 14.4 Å². The number of piperidine rings is 1. The quantitative estimate of drug-likeness (QED) is 0.696. The summed E-state index contributed by atoms with van der Waals surface area (Å²) < 4.78 is 12.2. The second-order valence-corrected chi connectivity index (χ2v) is 8.87. The zero-order valence-electron chi connectivity index (χ0n) is 18.6. The van der Waals surface area contributed by atoms with Gasteiger partial charge < -0.3 is 19.3 Å². The molecule has 1 fully saturated rings. The zero-order chi connectivity index (χ0) is 22.1. The lowest BCUT2D eigenvalue weighted by molar-refractivity contribution is -0.149. The summed E-state index contributed by atoms with van der Waals surface area (Å²) in [5.74, 6) is -0.452. The van der Waals surface area contributed by atoms with Crippen molar-refractivity contribution in [2.24, 2.45) is 13.0 Å². The number of aromatic nitrogens is 2. The summed E-state index contributed by atoms with van der Waals surface area (Å²) in [7, 11) is 1.76. The number of amides is 2. The SMILES string of the molecule is CCOC(=O)C1CCN(C(=O)c2c3c(nn2C)CCN(C(=O)OC(C)(C)C)C3)CC1. The Morgan fingerprint density at radius 1 is 1.10 bits per heavy atom. The molecule has 2 amide bonds. The maximum absolute atomic E-state index is 13.3. The number of esters is 1. The average Bonchev–Trinajstić information content (AvgIpc) is 3.01. The van der Waals surface area contributed by atoms with E-state index >= 15 is 0 Å². The minimum Gasteiger partial charge on any atom is -0.466 e. The zero-order valence-corrected chi connectivity index (χ0v) is 18.6. The third-order valence-electron chi connectivity index (χ3n) is 5.45. The van der Waals surface area contributed by atoms with Crippen molar-refractivity contribution in [2.45, 2.75) is 59.1 Å². The molecule has 30 heavy (non-hydrogen) atoms. The van der Waals surface area contributed by atoms with Crippen LogP contribution in [0.5, 0.6) is 0 Å². The van der Waals surface area contributed by atoms with Gasteiger partial charge >= 0.3 is 12.1 Å². The Labute approximate surface area is 177 Å². The molecule has 3 heterocycles. The highest BCUT2D eigenvalue weighted by atomic mass is 16.6. The third kappa shape index (κ3) is 4.76. The van der Waals surface area contributed by atoms with Crippen LogP contribution in [0, 0.1) is 5.92 Å². The number of hydrogen-bond acceptors (Lipinski definition) is 6. The molecule has 0 bridgehead atoms. The van der Waals surface area contributed by atoms with Crippen LogP contribution in [0.3, 0.4) is 0 Å².